The highest BCUT2D eigenvalue weighted by Crippen LogP contribution is 2.29. The van der Waals surface area contributed by atoms with Gasteiger partial charge in [-0.25, -0.2) is 4.98 Å². The van der Waals surface area contributed by atoms with Gasteiger partial charge in [0.1, 0.15) is 4.83 Å². The summed E-state index contributed by atoms with van der Waals surface area (Å²) in [5, 5.41) is 4.92. The molecule has 5 rings (SSSR count). The number of thiazole rings is 1. The van der Waals surface area contributed by atoms with E-state index in [2.05, 4.69) is 10.3 Å². The normalized spacial score (nSPS) is 15.0. The fourth-order valence-corrected chi connectivity index (χ4v) is 5.08. The summed E-state index contributed by atoms with van der Waals surface area (Å²) in [4.78, 5) is 33.6. The lowest BCUT2D eigenvalue weighted by Gasteiger charge is -2.27. The smallest absolute Gasteiger partial charge is 0.265 e. The summed E-state index contributed by atoms with van der Waals surface area (Å²) in [6.07, 6.45) is 4.50. The minimum Gasteiger partial charge on any atom is -0.321 e. The molecule has 0 aliphatic carbocycles. The minimum atomic E-state index is -0.163. The van der Waals surface area contributed by atoms with Gasteiger partial charge in [-0.2, -0.15) is 0 Å². The molecule has 1 fully saturated rings. The standard InChI is InChI=1S/C19H16N4O2S2/c24-16-6-1-2-7-22(16)13-5-3-4-12(10-13)20-17(25)15-11-14-18(27-15)21-19-23(14)8-9-26-19/h3-5,8-11H,1-2,6-7H2,(H,20,25). The largest absolute Gasteiger partial charge is 0.321 e. The van der Waals surface area contributed by atoms with E-state index in [1.54, 1.807) is 16.2 Å². The fraction of sp³-hybridized carbons (Fsp3) is 0.211. The molecule has 27 heavy (non-hydrogen) atoms. The Kier molecular flexibility index (Phi) is 3.95. The molecule has 1 saturated heterocycles. The number of nitrogens with one attached hydrogen (secondary N) is 1. The maximum Gasteiger partial charge on any atom is 0.265 e. The van der Waals surface area contributed by atoms with Crippen molar-refractivity contribution in [1.82, 2.24) is 9.38 Å². The first-order valence-corrected chi connectivity index (χ1v) is 10.5. The van der Waals surface area contributed by atoms with Crippen LogP contribution in [-0.2, 0) is 4.79 Å². The van der Waals surface area contributed by atoms with Crippen molar-refractivity contribution < 1.29 is 9.59 Å². The van der Waals surface area contributed by atoms with Gasteiger partial charge in [0, 0.05) is 35.9 Å². The van der Waals surface area contributed by atoms with Crippen LogP contribution in [0.25, 0.3) is 15.3 Å². The summed E-state index contributed by atoms with van der Waals surface area (Å²) >= 11 is 2.96. The molecule has 0 spiro atoms. The zero-order chi connectivity index (χ0) is 18.4. The van der Waals surface area contributed by atoms with E-state index in [0.717, 1.165) is 40.4 Å². The average molecular weight is 396 g/mol. The zero-order valence-corrected chi connectivity index (χ0v) is 16.0. The lowest BCUT2D eigenvalue weighted by molar-refractivity contribution is -0.119. The van der Waals surface area contributed by atoms with Crippen LogP contribution in [-0.4, -0.2) is 27.7 Å². The van der Waals surface area contributed by atoms with Crippen LogP contribution in [0.15, 0.2) is 41.9 Å². The summed E-state index contributed by atoms with van der Waals surface area (Å²) in [6, 6.07) is 9.35. The quantitative estimate of drug-likeness (QED) is 0.559. The van der Waals surface area contributed by atoms with Gasteiger partial charge in [0.15, 0.2) is 4.96 Å². The number of fused-ring (bicyclic) bond motifs is 3. The molecule has 0 atom stereocenters. The topological polar surface area (TPSA) is 66.7 Å². The van der Waals surface area contributed by atoms with Crippen LogP contribution in [0.3, 0.4) is 0 Å². The fourth-order valence-electron chi connectivity index (χ4n) is 3.38. The minimum absolute atomic E-state index is 0.143. The van der Waals surface area contributed by atoms with Gasteiger partial charge in [0.25, 0.3) is 5.91 Å². The maximum atomic E-state index is 12.7. The van der Waals surface area contributed by atoms with E-state index in [1.807, 2.05) is 46.3 Å². The Bertz CT molecular complexity index is 1170. The maximum absolute atomic E-state index is 12.7. The van der Waals surface area contributed by atoms with Gasteiger partial charge in [0.05, 0.1) is 10.4 Å². The molecule has 136 valence electrons. The molecule has 1 aliphatic heterocycles. The highest BCUT2D eigenvalue weighted by atomic mass is 32.1. The van der Waals surface area contributed by atoms with Gasteiger partial charge in [-0.1, -0.05) is 6.07 Å². The van der Waals surface area contributed by atoms with Crippen molar-refractivity contribution in [2.75, 3.05) is 16.8 Å². The second kappa shape index (κ2) is 6.47. The van der Waals surface area contributed by atoms with Gasteiger partial charge in [-0.05, 0) is 37.1 Å². The van der Waals surface area contributed by atoms with Gasteiger partial charge in [-0.3, -0.25) is 14.0 Å². The number of benzene rings is 1. The lowest BCUT2D eigenvalue weighted by atomic mass is 10.1. The number of hydrogen-bond acceptors (Lipinski definition) is 5. The first-order valence-electron chi connectivity index (χ1n) is 8.76. The molecule has 3 aromatic heterocycles. The highest BCUT2D eigenvalue weighted by molar-refractivity contribution is 7.21. The molecule has 0 bridgehead atoms. The number of piperidine rings is 1. The van der Waals surface area contributed by atoms with Crippen LogP contribution in [0.5, 0.6) is 0 Å². The van der Waals surface area contributed by atoms with Crippen molar-refractivity contribution in [2.45, 2.75) is 19.3 Å². The van der Waals surface area contributed by atoms with E-state index in [-0.39, 0.29) is 11.8 Å². The Labute approximate surface area is 163 Å². The molecule has 1 aromatic carbocycles. The van der Waals surface area contributed by atoms with Crippen molar-refractivity contribution >= 4 is 61.2 Å². The predicted octanol–water partition coefficient (Wildman–Crippen LogP) is 4.38. The van der Waals surface area contributed by atoms with Crippen LogP contribution in [0.2, 0.25) is 0 Å². The van der Waals surface area contributed by atoms with Crippen LogP contribution < -0.4 is 10.2 Å². The number of rotatable bonds is 3. The summed E-state index contributed by atoms with van der Waals surface area (Å²) in [5.74, 6) is -0.0197. The van der Waals surface area contributed by atoms with E-state index in [4.69, 9.17) is 0 Å². The summed E-state index contributed by atoms with van der Waals surface area (Å²) in [7, 11) is 0. The van der Waals surface area contributed by atoms with Crippen molar-refractivity contribution in [3.63, 3.8) is 0 Å². The Balaban J connectivity index is 1.39. The molecule has 8 heteroatoms. The van der Waals surface area contributed by atoms with Gasteiger partial charge >= 0.3 is 0 Å². The zero-order valence-electron chi connectivity index (χ0n) is 14.3. The van der Waals surface area contributed by atoms with Crippen LogP contribution in [0, 0.1) is 0 Å². The van der Waals surface area contributed by atoms with E-state index < -0.39 is 0 Å². The number of hydrogen-bond donors (Lipinski definition) is 1. The summed E-state index contributed by atoms with van der Waals surface area (Å²) in [6.45, 7) is 0.732. The van der Waals surface area contributed by atoms with Gasteiger partial charge in [0.2, 0.25) is 5.91 Å². The van der Waals surface area contributed by atoms with Gasteiger partial charge in [-0.15, -0.1) is 22.7 Å². The number of imidazole rings is 1. The molecule has 4 aromatic rings. The van der Waals surface area contributed by atoms with Crippen LogP contribution in [0.1, 0.15) is 28.9 Å². The Morgan fingerprint density at radius 1 is 1.22 bits per heavy atom. The number of nitrogens with zero attached hydrogens (tertiary/aromatic N) is 3. The molecule has 4 heterocycles. The second-order valence-corrected chi connectivity index (χ2v) is 8.38. The summed E-state index contributed by atoms with van der Waals surface area (Å²) in [5.41, 5.74) is 2.47. The molecule has 2 amide bonds. The molecule has 6 nitrogen and oxygen atoms in total. The molecule has 1 aliphatic rings. The predicted molar refractivity (Wildman–Crippen MR) is 109 cm³/mol. The number of carbonyl (C=O) groups is 2. The van der Waals surface area contributed by atoms with E-state index >= 15 is 0 Å². The van der Waals surface area contributed by atoms with E-state index in [0.29, 0.717) is 17.0 Å². The SMILES string of the molecule is O=C(Nc1cccc(N2CCCCC2=O)c1)c1cc2c(nc3sccn32)s1. The third-order valence-electron chi connectivity index (χ3n) is 4.70. The molecule has 0 saturated carbocycles. The molecule has 0 radical (unpaired) electrons. The van der Waals surface area contributed by atoms with Crippen molar-refractivity contribution in [3.8, 4) is 0 Å². The van der Waals surface area contributed by atoms with Crippen molar-refractivity contribution in [1.29, 1.82) is 0 Å². The first kappa shape index (κ1) is 16.5. The molecule has 1 N–H and O–H groups in total. The first-order chi connectivity index (χ1) is 13.2. The van der Waals surface area contributed by atoms with Crippen LogP contribution in [0.4, 0.5) is 11.4 Å². The Morgan fingerprint density at radius 3 is 3.04 bits per heavy atom. The summed E-state index contributed by atoms with van der Waals surface area (Å²) < 4.78 is 2.00. The lowest BCUT2D eigenvalue weighted by Crippen LogP contribution is -2.35. The highest BCUT2D eigenvalue weighted by Gasteiger charge is 2.20. The van der Waals surface area contributed by atoms with Crippen molar-refractivity contribution in [3.05, 3.63) is 46.8 Å². The Morgan fingerprint density at radius 2 is 2.15 bits per heavy atom. The second-order valence-electron chi connectivity index (χ2n) is 6.48. The van der Waals surface area contributed by atoms with Crippen LogP contribution >= 0.6 is 22.7 Å². The third kappa shape index (κ3) is 2.90. The van der Waals surface area contributed by atoms with Gasteiger partial charge < -0.3 is 10.2 Å². The molecular formula is C19H16N4O2S2. The molecular weight excluding hydrogens is 380 g/mol. The number of amides is 2. The van der Waals surface area contributed by atoms with E-state index in [1.165, 1.54) is 11.3 Å². The van der Waals surface area contributed by atoms with E-state index in [9.17, 15) is 9.59 Å². The van der Waals surface area contributed by atoms with Crippen molar-refractivity contribution in [2.24, 2.45) is 0 Å². The monoisotopic (exact) mass is 396 g/mol. The third-order valence-corrected chi connectivity index (χ3v) is 6.48. The average Bonchev–Trinajstić information content (AvgIpc) is 3.34. The number of aromatic nitrogens is 2. The Hall–Kier alpha value is -2.71. The number of thiophene rings is 1. The molecule has 0 unspecified atom stereocenters. The number of carbonyl (C=O) groups excluding carboxylic acids is 2. The number of anilines is 2.